The molecule has 0 aliphatic rings. The van der Waals surface area contributed by atoms with Gasteiger partial charge in [0.15, 0.2) is 0 Å². The maximum absolute atomic E-state index is 8.36. The van der Waals surface area contributed by atoms with E-state index in [1.165, 1.54) is 0 Å². The van der Waals surface area contributed by atoms with E-state index < -0.39 is 5.09 Å². The molecule has 0 aliphatic carbocycles. The smallest absolute Gasteiger partial charge is 0.291 e. The van der Waals surface area contributed by atoms with Gasteiger partial charge in [-0.05, 0) is 0 Å². The second kappa shape index (κ2) is 9.45. The number of hydrogen-bond acceptors (Lipinski definition) is 4. The van der Waals surface area contributed by atoms with Gasteiger partial charge in [-0.15, -0.1) is 10.1 Å². The summed E-state index contributed by atoms with van der Waals surface area (Å²) in [5.41, 5.74) is 4.81. The molecule has 0 spiro atoms. The van der Waals surface area contributed by atoms with Crippen LogP contribution in [-0.4, -0.2) is 24.1 Å². The van der Waals surface area contributed by atoms with Gasteiger partial charge in [-0.1, -0.05) is 0 Å². The second-order valence-electron chi connectivity index (χ2n) is 0.693. The number of ether oxygens (including phenoxy) is 1. The molecule has 0 heterocycles. The first-order chi connectivity index (χ1) is 3.65. The Bertz CT molecular complexity index is 50.0. The first kappa shape index (κ1) is 10.2. The summed E-state index contributed by atoms with van der Waals surface area (Å²) in [6.45, 7) is 0.319. The summed E-state index contributed by atoms with van der Waals surface area (Å²) in [4.78, 5) is 8.36. The van der Waals surface area contributed by atoms with E-state index in [0.29, 0.717) is 6.73 Å². The van der Waals surface area contributed by atoms with Gasteiger partial charge in [-0.25, -0.2) is 0 Å². The molecule has 0 saturated heterocycles. The third kappa shape index (κ3) is 6040. The minimum atomic E-state index is -1.50. The van der Waals surface area contributed by atoms with E-state index in [1.807, 2.05) is 0 Å². The molecule has 0 bridgehead atoms. The number of rotatable bonds is 1. The van der Waals surface area contributed by atoms with Crippen LogP contribution in [0.2, 0.25) is 0 Å². The molecule has 3 N–H and O–H groups in total. The minimum Gasteiger partial charge on any atom is -0.370 e. The summed E-state index contributed by atoms with van der Waals surface area (Å²) in [5.74, 6) is 0. The van der Waals surface area contributed by atoms with Gasteiger partial charge in [0.2, 0.25) is 0 Å². The molecule has 0 rings (SSSR count). The van der Waals surface area contributed by atoms with E-state index in [2.05, 4.69) is 4.74 Å². The van der Waals surface area contributed by atoms with Gasteiger partial charge in [0.05, 0.1) is 6.73 Å². The van der Waals surface area contributed by atoms with Gasteiger partial charge in [-0.3, -0.25) is 0 Å². The van der Waals surface area contributed by atoms with Crippen LogP contribution in [0.5, 0.6) is 0 Å². The van der Waals surface area contributed by atoms with Crippen LogP contribution in [0.25, 0.3) is 0 Å². The van der Waals surface area contributed by atoms with Gasteiger partial charge < -0.3 is 15.7 Å². The molecule has 0 radical (unpaired) electrons. The van der Waals surface area contributed by atoms with Crippen molar-refractivity contribution in [3.8, 4) is 0 Å². The summed E-state index contributed by atoms with van der Waals surface area (Å²) in [5, 5.41) is 13.6. The van der Waals surface area contributed by atoms with Crippen molar-refractivity contribution in [2.75, 3.05) is 13.8 Å². The lowest BCUT2D eigenvalue weighted by Crippen LogP contribution is -1.98. The molecular formula is C2H8N2O4. The molecule has 8 heavy (non-hydrogen) atoms. The Morgan fingerprint density at radius 2 is 2.12 bits per heavy atom. The highest BCUT2D eigenvalue weighted by Crippen LogP contribution is 1.40. The normalized spacial score (nSPS) is 6.75. The molecule has 6 nitrogen and oxygen atoms in total. The quantitative estimate of drug-likeness (QED) is 0.271. The van der Waals surface area contributed by atoms with Crippen molar-refractivity contribution in [1.29, 1.82) is 0 Å². The summed E-state index contributed by atoms with van der Waals surface area (Å²) in [6, 6.07) is 0. The Labute approximate surface area is 46.0 Å². The third-order valence-corrected chi connectivity index (χ3v) is 0.167. The standard InChI is InChI=1S/C2H7NO.HNO3/c1-4-2-3;2-1(3)4/h2-3H2,1H3;(H,2,3,4). The average molecular weight is 124 g/mol. The molecule has 0 aromatic rings. The first-order valence-electron chi connectivity index (χ1n) is 1.67. The zero-order chi connectivity index (χ0) is 6.99. The third-order valence-electron chi connectivity index (χ3n) is 0.167. The van der Waals surface area contributed by atoms with Crippen molar-refractivity contribution in [3.63, 3.8) is 0 Å². The fourth-order valence-corrected chi connectivity index (χ4v) is 0. The summed E-state index contributed by atoms with van der Waals surface area (Å²) >= 11 is 0. The Kier molecular flexibility index (Phi) is 12.0. The minimum absolute atomic E-state index is 0.319. The van der Waals surface area contributed by atoms with Crippen LogP contribution in [0, 0.1) is 10.1 Å². The summed E-state index contributed by atoms with van der Waals surface area (Å²) in [7, 11) is 1.56. The van der Waals surface area contributed by atoms with Crippen LogP contribution in [-0.2, 0) is 4.74 Å². The Morgan fingerprint density at radius 3 is 2.12 bits per heavy atom. The predicted octanol–water partition coefficient (Wildman–Crippen LogP) is -0.799. The van der Waals surface area contributed by atoms with Gasteiger partial charge in [0.25, 0.3) is 5.09 Å². The zero-order valence-electron chi connectivity index (χ0n) is 4.40. The zero-order valence-corrected chi connectivity index (χ0v) is 4.40. The van der Waals surface area contributed by atoms with Crippen molar-refractivity contribution < 1.29 is 15.0 Å². The largest absolute Gasteiger partial charge is 0.370 e. The van der Waals surface area contributed by atoms with Crippen LogP contribution >= 0.6 is 0 Å². The van der Waals surface area contributed by atoms with Gasteiger partial charge >= 0.3 is 0 Å². The summed E-state index contributed by atoms with van der Waals surface area (Å²) in [6.07, 6.45) is 0. The van der Waals surface area contributed by atoms with Crippen molar-refractivity contribution in [2.24, 2.45) is 5.73 Å². The lowest BCUT2D eigenvalue weighted by atomic mass is 11.3. The molecule has 0 amide bonds. The predicted molar refractivity (Wildman–Crippen MR) is 24.8 cm³/mol. The first-order valence-corrected chi connectivity index (χ1v) is 1.67. The maximum Gasteiger partial charge on any atom is 0.291 e. The van der Waals surface area contributed by atoms with Gasteiger partial charge in [-0.2, -0.15) is 0 Å². The fraction of sp³-hybridized carbons (Fsp3) is 1.00. The molecule has 50 valence electrons. The Balaban J connectivity index is 0. The van der Waals surface area contributed by atoms with Crippen molar-refractivity contribution in [2.45, 2.75) is 0 Å². The van der Waals surface area contributed by atoms with Gasteiger partial charge in [0.1, 0.15) is 0 Å². The number of nitrogens with zero attached hydrogens (tertiary/aromatic N) is 1. The molecular weight excluding hydrogens is 116 g/mol. The molecule has 0 atom stereocenters. The molecule has 0 aliphatic heterocycles. The highest BCUT2D eigenvalue weighted by molar-refractivity contribution is 3.89. The monoisotopic (exact) mass is 124 g/mol. The highest BCUT2D eigenvalue weighted by atomic mass is 16.9. The number of nitrogens with two attached hydrogens (primary N) is 1. The van der Waals surface area contributed by atoms with E-state index in [0.717, 1.165) is 0 Å². The molecule has 0 fully saturated rings. The SMILES string of the molecule is COCN.O=[N+]([O-])O. The Morgan fingerprint density at radius 1 is 2.00 bits per heavy atom. The van der Waals surface area contributed by atoms with E-state index in [9.17, 15) is 0 Å². The Hall–Kier alpha value is -0.880. The molecule has 0 unspecified atom stereocenters. The molecule has 0 aromatic heterocycles. The van der Waals surface area contributed by atoms with E-state index >= 15 is 0 Å². The number of methoxy groups -OCH3 is 1. The summed E-state index contributed by atoms with van der Waals surface area (Å²) < 4.78 is 4.32. The van der Waals surface area contributed by atoms with Crippen molar-refractivity contribution >= 4 is 0 Å². The average Bonchev–Trinajstić information content (AvgIpc) is 1.65. The van der Waals surface area contributed by atoms with E-state index in [4.69, 9.17) is 21.1 Å². The highest BCUT2D eigenvalue weighted by Gasteiger charge is 1.65. The second-order valence-corrected chi connectivity index (χ2v) is 0.693. The van der Waals surface area contributed by atoms with E-state index in [1.54, 1.807) is 7.11 Å². The maximum atomic E-state index is 8.36. The van der Waals surface area contributed by atoms with Crippen LogP contribution in [0.4, 0.5) is 0 Å². The van der Waals surface area contributed by atoms with Gasteiger partial charge in [0, 0.05) is 7.11 Å². The van der Waals surface area contributed by atoms with Crippen LogP contribution in [0.3, 0.4) is 0 Å². The lowest BCUT2D eigenvalue weighted by Gasteiger charge is -1.77. The molecule has 6 heteroatoms. The van der Waals surface area contributed by atoms with Crippen LogP contribution in [0.15, 0.2) is 0 Å². The van der Waals surface area contributed by atoms with Crippen molar-refractivity contribution in [3.05, 3.63) is 10.1 Å². The fourth-order valence-electron chi connectivity index (χ4n) is 0. The van der Waals surface area contributed by atoms with Crippen molar-refractivity contribution in [1.82, 2.24) is 0 Å². The van der Waals surface area contributed by atoms with Crippen LogP contribution in [0.1, 0.15) is 0 Å². The lowest BCUT2D eigenvalue weighted by molar-refractivity contribution is -0.742. The molecule has 0 aromatic carbocycles. The van der Waals surface area contributed by atoms with E-state index in [-0.39, 0.29) is 0 Å². The number of hydrogen-bond donors (Lipinski definition) is 2. The topological polar surface area (TPSA) is 98.6 Å². The van der Waals surface area contributed by atoms with Crippen LogP contribution < -0.4 is 5.73 Å². The molecule has 0 saturated carbocycles.